The van der Waals surface area contributed by atoms with E-state index in [1.54, 1.807) is 12.1 Å². The topological polar surface area (TPSA) is 66.9 Å². The highest BCUT2D eigenvalue weighted by Gasteiger charge is 2.14. The standard InChI is InChI=1S/C20H24N2O4/c1-5-21(6-2)19-11-15(23)13-10-18-14(9-17(13)25-19)16(24)12-20(26-18)22(7-3)8-4/h9-12H,5-8H2,1-4H3. The van der Waals surface area contributed by atoms with Crippen LogP contribution in [0.25, 0.3) is 21.9 Å². The first-order valence-corrected chi connectivity index (χ1v) is 9.07. The predicted octanol–water partition coefficient (Wildman–Crippen LogP) is 3.59. The minimum atomic E-state index is -0.147. The summed E-state index contributed by atoms with van der Waals surface area (Å²) in [6, 6.07) is 6.20. The van der Waals surface area contributed by atoms with Crippen molar-refractivity contribution in [3.05, 3.63) is 44.7 Å². The summed E-state index contributed by atoms with van der Waals surface area (Å²) < 4.78 is 11.8. The number of hydrogen-bond donors (Lipinski definition) is 0. The molecule has 0 saturated heterocycles. The average Bonchev–Trinajstić information content (AvgIpc) is 2.63. The van der Waals surface area contributed by atoms with E-state index < -0.39 is 0 Å². The minimum absolute atomic E-state index is 0.147. The smallest absolute Gasteiger partial charge is 0.199 e. The van der Waals surface area contributed by atoms with Crippen molar-refractivity contribution < 1.29 is 8.83 Å². The lowest BCUT2D eigenvalue weighted by atomic mass is 10.1. The molecule has 2 heterocycles. The Morgan fingerprint density at radius 1 is 0.654 bits per heavy atom. The molecule has 3 aromatic rings. The predicted molar refractivity (Wildman–Crippen MR) is 106 cm³/mol. The lowest BCUT2D eigenvalue weighted by Crippen LogP contribution is -2.23. The zero-order valence-corrected chi connectivity index (χ0v) is 15.7. The maximum atomic E-state index is 12.6. The molecular weight excluding hydrogens is 332 g/mol. The SMILES string of the molecule is CCN(CC)c1cc(=O)c2cc3oc(N(CC)CC)cc(=O)c3cc2o1. The van der Waals surface area contributed by atoms with Crippen LogP contribution in [0.4, 0.5) is 11.8 Å². The number of anilines is 2. The Morgan fingerprint density at radius 2 is 1.00 bits per heavy atom. The van der Waals surface area contributed by atoms with E-state index in [-0.39, 0.29) is 10.9 Å². The molecule has 138 valence electrons. The lowest BCUT2D eigenvalue weighted by molar-refractivity contribution is 0.572. The third kappa shape index (κ3) is 3.07. The van der Waals surface area contributed by atoms with Crippen molar-refractivity contribution in [2.75, 3.05) is 36.0 Å². The van der Waals surface area contributed by atoms with E-state index in [1.165, 1.54) is 12.1 Å². The second-order valence-electron chi connectivity index (χ2n) is 6.09. The zero-order valence-electron chi connectivity index (χ0n) is 15.7. The normalized spacial score (nSPS) is 11.2. The summed E-state index contributed by atoms with van der Waals surface area (Å²) in [5, 5.41) is 0.821. The van der Waals surface area contributed by atoms with E-state index in [9.17, 15) is 9.59 Å². The Kier molecular flexibility index (Phi) is 5.02. The molecule has 0 aliphatic rings. The number of fused-ring (bicyclic) bond motifs is 2. The van der Waals surface area contributed by atoms with Crippen LogP contribution in [-0.2, 0) is 0 Å². The summed E-state index contributed by atoms with van der Waals surface area (Å²) in [4.78, 5) is 29.1. The Labute approximate surface area is 151 Å². The highest BCUT2D eigenvalue weighted by molar-refractivity contribution is 5.93. The largest absolute Gasteiger partial charge is 0.440 e. The van der Waals surface area contributed by atoms with Crippen molar-refractivity contribution in [2.45, 2.75) is 27.7 Å². The first-order valence-electron chi connectivity index (χ1n) is 9.07. The number of benzene rings is 1. The van der Waals surface area contributed by atoms with Gasteiger partial charge in [0.05, 0.1) is 10.8 Å². The molecule has 0 aliphatic heterocycles. The van der Waals surface area contributed by atoms with Gasteiger partial charge in [0.15, 0.2) is 22.6 Å². The van der Waals surface area contributed by atoms with Gasteiger partial charge in [0.2, 0.25) is 0 Å². The summed E-state index contributed by atoms with van der Waals surface area (Å²) in [6.45, 7) is 10.9. The van der Waals surface area contributed by atoms with E-state index in [4.69, 9.17) is 8.83 Å². The molecule has 0 amide bonds. The van der Waals surface area contributed by atoms with Gasteiger partial charge in [-0.15, -0.1) is 0 Å². The van der Waals surface area contributed by atoms with Crippen molar-refractivity contribution in [1.29, 1.82) is 0 Å². The molecule has 6 heteroatoms. The highest BCUT2D eigenvalue weighted by atomic mass is 16.4. The third-order valence-corrected chi connectivity index (χ3v) is 4.70. The molecule has 0 fully saturated rings. The number of rotatable bonds is 6. The quantitative estimate of drug-likeness (QED) is 0.629. The van der Waals surface area contributed by atoms with Gasteiger partial charge in [0.1, 0.15) is 11.2 Å². The first kappa shape index (κ1) is 18.0. The van der Waals surface area contributed by atoms with Crippen molar-refractivity contribution >= 4 is 33.7 Å². The van der Waals surface area contributed by atoms with Gasteiger partial charge in [-0.3, -0.25) is 9.59 Å². The van der Waals surface area contributed by atoms with Gasteiger partial charge in [0, 0.05) is 38.3 Å². The van der Waals surface area contributed by atoms with Gasteiger partial charge in [-0.2, -0.15) is 0 Å². The lowest BCUT2D eigenvalue weighted by Gasteiger charge is -2.20. The summed E-state index contributed by atoms with van der Waals surface area (Å²) in [7, 11) is 0. The van der Waals surface area contributed by atoms with Gasteiger partial charge in [-0.25, -0.2) is 0 Å². The summed E-state index contributed by atoms with van der Waals surface area (Å²) in [5.41, 5.74) is 0.501. The number of nitrogens with zero attached hydrogens (tertiary/aromatic N) is 2. The zero-order chi connectivity index (χ0) is 18.8. The monoisotopic (exact) mass is 356 g/mol. The van der Waals surface area contributed by atoms with Gasteiger partial charge in [-0.1, -0.05) is 0 Å². The van der Waals surface area contributed by atoms with Gasteiger partial charge < -0.3 is 18.6 Å². The Bertz CT molecular complexity index is 958. The van der Waals surface area contributed by atoms with Crippen LogP contribution in [-0.4, -0.2) is 26.2 Å². The molecule has 0 aliphatic carbocycles. The fraction of sp³-hybridized carbons (Fsp3) is 0.400. The van der Waals surface area contributed by atoms with Crippen molar-refractivity contribution in [1.82, 2.24) is 0 Å². The van der Waals surface area contributed by atoms with Crippen molar-refractivity contribution in [3.8, 4) is 0 Å². The van der Waals surface area contributed by atoms with Crippen LogP contribution in [0.1, 0.15) is 27.7 Å². The second-order valence-corrected chi connectivity index (χ2v) is 6.09. The van der Waals surface area contributed by atoms with Crippen LogP contribution < -0.4 is 20.7 Å². The minimum Gasteiger partial charge on any atom is -0.440 e. The first-order chi connectivity index (χ1) is 12.5. The second kappa shape index (κ2) is 7.23. The molecule has 0 unspecified atom stereocenters. The molecule has 26 heavy (non-hydrogen) atoms. The van der Waals surface area contributed by atoms with Crippen LogP contribution >= 0.6 is 0 Å². The van der Waals surface area contributed by atoms with Crippen LogP contribution in [0, 0.1) is 0 Å². The number of hydrogen-bond acceptors (Lipinski definition) is 6. The Hall–Kier alpha value is -2.76. The fourth-order valence-electron chi connectivity index (χ4n) is 3.16. The van der Waals surface area contributed by atoms with E-state index in [2.05, 4.69) is 0 Å². The van der Waals surface area contributed by atoms with E-state index in [0.717, 1.165) is 26.2 Å². The maximum Gasteiger partial charge on any atom is 0.199 e. The highest BCUT2D eigenvalue weighted by Crippen LogP contribution is 2.25. The molecule has 0 bridgehead atoms. The summed E-state index contributed by atoms with van der Waals surface area (Å²) in [5.74, 6) is 1.02. The molecule has 3 rings (SSSR count). The van der Waals surface area contributed by atoms with E-state index >= 15 is 0 Å². The molecule has 0 atom stereocenters. The molecule has 0 saturated carbocycles. The van der Waals surface area contributed by atoms with E-state index in [0.29, 0.717) is 33.7 Å². The molecule has 0 spiro atoms. The molecule has 0 radical (unpaired) electrons. The van der Waals surface area contributed by atoms with Crippen LogP contribution in [0.15, 0.2) is 42.7 Å². The third-order valence-electron chi connectivity index (χ3n) is 4.70. The molecule has 1 aromatic carbocycles. The van der Waals surface area contributed by atoms with Gasteiger partial charge in [-0.05, 0) is 39.8 Å². The van der Waals surface area contributed by atoms with Crippen LogP contribution in [0.3, 0.4) is 0 Å². The maximum absolute atomic E-state index is 12.6. The molecule has 2 aromatic heterocycles. The molecule has 6 nitrogen and oxygen atoms in total. The van der Waals surface area contributed by atoms with Crippen LogP contribution in [0.5, 0.6) is 0 Å². The summed E-state index contributed by atoms with van der Waals surface area (Å²) in [6.07, 6.45) is 0. The van der Waals surface area contributed by atoms with E-state index in [1.807, 2.05) is 37.5 Å². The Morgan fingerprint density at radius 3 is 1.31 bits per heavy atom. The molecular formula is C20H24N2O4. The van der Waals surface area contributed by atoms with Crippen molar-refractivity contribution in [3.63, 3.8) is 0 Å². The summed E-state index contributed by atoms with van der Waals surface area (Å²) >= 11 is 0. The fourth-order valence-corrected chi connectivity index (χ4v) is 3.16. The van der Waals surface area contributed by atoms with Crippen LogP contribution in [0.2, 0.25) is 0 Å². The Balaban J connectivity index is 2.26. The van der Waals surface area contributed by atoms with Crippen molar-refractivity contribution in [2.24, 2.45) is 0 Å². The molecule has 0 N–H and O–H groups in total. The van der Waals surface area contributed by atoms with Gasteiger partial charge in [0.25, 0.3) is 0 Å². The van der Waals surface area contributed by atoms with Gasteiger partial charge >= 0.3 is 0 Å². The average molecular weight is 356 g/mol.